The molecule has 0 radical (unpaired) electrons. The van der Waals surface area contributed by atoms with Crippen LogP contribution >= 0.6 is 12.4 Å². The molecule has 29 heavy (non-hydrogen) atoms. The molecule has 0 saturated carbocycles. The van der Waals surface area contributed by atoms with Gasteiger partial charge in [-0.05, 0) is 56.1 Å². The molecule has 3 rings (SSSR count). The van der Waals surface area contributed by atoms with Crippen molar-refractivity contribution in [2.24, 2.45) is 5.92 Å². The Balaban J connectivity index is 0.00000300. The number of carbonyl (C=O) groups excluding carboxylic acids is 2. The summed E-state index contributed by atoms with van der Waals surface area (Å²) in [6.07, 6.45) is 2.07. The first kappa shape index (κ1) is 22.9. The molecule has 0 aromatic heterocycles. The number of rotatable bonds is 8. The maximum atomic E-state index is 12.4. The molecule has 156 valence electrons. The first-order valence-electron chi connectivity index (χ1n) is 9.98. The molecule has 1 N–H and O–H groups in total. The zero-order chi connectivity index (χ0) is 19.8. The van der Waals surface area contributed by atoms with Gasteiger partial charge in [0.2, 0.25) is 0 Å². The highest BCUT2D eigenvalue weighted by molar-refractivity contribution is 6.08. The van der Waals surface area contributed by atoms with Gasteiger partial charge in [0.1, 0.15) is 5.75 Å². The second-order valence-electron chi connectivity index (χ2n) is 7.14. The molecular weight excluding hydrogens is 388 g/mol. The number of amides is 1. The van der Waals surface area contributed by atoms with E-state index in [0.29, 0.717) is 22.8 Å². The molecule has 0 atom stereocenters. The molecular formula is C23H29ClN2O3. The predicted octanol–water partition coefficient (Wildman–Crippen LogP) is 3.57. The molecule has 6 heteroatoms. The fourth-order valence-electron chi connectivity index (χ4n) is 3.43. The third kappa shape index (κ3) is 6.58. The lowest BCUT2D eigenvalue weighted by molar-refractivity contribution is -0.134. The standard InChI is InChI=1S/C23H28N2O3.ClH/c1-2-24-16-18-12-14-25(15-13-18)22(26)17-28-21-10-8-20(9-11-21)23(27)19-6-4-3-5-7-19;/h3-11,18,24H,2,12-17H2,1H3;1H. The van der Waals surface area contributed by atoms with Gasteiger partial charge in [-0.25, -0.2) is 0 Å². The quantitative estimate of drug-likeness (QED) is 0.668. The summed E-state index contributed by atoms with van der Waals surface area (Å²) in [4.78, 5) is 26.7. The zero-order valence-electron chi connectivity index (χ0n) is 16.8. The fraction of sp³-hybridized carbons (Fsp3) is 0.391. The Morgan fingerprint density at radius 3 is 2.24 bits per heavy atom. The summed E-state index contributed by atoms with van der Waals surface area (Å²) in [5, 5.41) is 3.38. The Hall–Kier alpha value is -2.37. The molecule has 1 amide bonds. The first-order valence-corrected chi connectivity index (χ1v) is 9.98. The molecule has 1 heterocycles. The number of benzene rings is 2. The van der Waals surface area contributed by atoms with Gasteiger partial charge in [-0.1, -0.05) is 37.3 Å². The van der Waals surface area contributed by atoms with E-state index in [2.05, 4.69) is 12.2 Å². The number of ketones is 1. The lowest BCUT2D eigenvalue weighted by Gasteiger charge is -2.32. The Bertz CT molecular complexity index is 772. The number of carbonyl (C=O) groups is 2. The van der Waals surface area contributed by atoms with Crippen molar-refractivity contribution in [1.82, 2.24) is 10.2 Å². The molecule has 5 nitrogen and oxygen atoms in total. The van der Waals surface area contributed by atoms with E-state index >= 15 is 0 Å². The van der Waals surface area contributed by atoms with Crippen molar-refractivity contribution in [3.8, 4) is 5.75 Å². The summed E-state index contributed by atoms with van der Waals surface area (Å²) in [6, 6.07) is 16.1. The summed E-state index contributed by atoms with van der Waals surface area (Å²) in [5.74, 6) is 1.25. The van der Waals surface area contributed by atoms with Crippen LogP contribution in [0.2, 0.25) is 0 Å². The number of nitrogens with one attached hydrogen (secondary N) is 1. The number of nitrogens with zero attached hydrogens (tertiary/aromatic N) is 1. The number of likely N-dealkylation sites (tertiary alicyclic amines) is 1. The summed E-state index contributed by atoms with van der Waals surface area (Å²) in [5.41, 5.74) is 1.26. The number of piperidine rings is 1. The van der Waals surface area contributed by atoms with E-state index in [-0.39, 0.29) is 30.7 Å². The molecule has 0 aliphatic carbocycles. The minimum atomic E-state index is -0.0244. The Kier molecular flexibility index (Phi) is 9.16. The lowest BCUT2D eigenvalue weighted by Crippen LogP contribution is -2.42. The van der Waals surface area contributed by atoms with Crippen LogP contribution in [0.1, 0.15) is 35.7 Å². The molecule has 0 unspecified atom stereocenters. The molecule has 2 aromatic rings. The highest BCUT2D eigenvalue weighted by Gasteiger charge is 2.22. The van der Waals surface area contributed by atoms with E-state index in [1.54, 1.807) is 36.4 Å². The maximum absolute atomic E-state index is 12.4. The third-order valence-corrected chi connectivity index (χ3v) is 5.17. The molecule has 1 saturated heterocycles. The van der Waals surface area contributed by atoms with Crippen molar-refractivity contribution in [2.75, 3.05) is 32.8 Å². The second-order valence-corrected chi connectivity index (χ2v) is 7.14. The lowest BCUT2D eigenvalue weighted by atomic mass is 9.97. The minimum Gasteiger partial charge on any atom is -0.484 e. The highest BCUT2D eigenvalue weighted by Crippen LogP contribution is 2.18. The van der Waals surface area contributed by atoms with Crippen LogP contribution in [-0.2, 0) is 4.79 Å². The number of hydrogen-bond donors (Lipinski definition) is 1. The molecule has 1 fully saturated rings. The van der Waals surface area contributed by atoms with Gasteiger partial charge in [-0.2, -0.15) is 0 Å². The van der Waals surface area contributed by atoms with Gasteiger partial charge in [0.25, 0.3) is 5.91 Å². The minimum absolute atomic E-state index is 0. The molecule has 0 spiro atoms. The van der Waals surface area contributed by atoms with Crippen LogP contribution in [0.5, 0.6) is 5.75 Å². The monoisotopic (exact) mass is 416 g/mol. The number of hydrogen-bond acceptors (Lipinski definition) is 4. The van der Waals surface area contributed by atoms with Crippen LogP contribution in [0, 0.1) is 5.92 Å². The van der Waals surface area contributed by atoms with Crippen LogP contribution in [0.3, 0.4) is 0 Å². The van der Waals surface area contributed by atoms with Gasteiger partial charge < -0.3 is 15.0 Å². The summed E-state index contributed by atoms with van der Waals surface area (Å²) in [6.45, 7) is 5.75. The number of halogens is 1. The molecule has 2 aromatic carbocycles. The van der Waals surface area contributed by atoms with E-state index in [1.807, 2.05) is 23.1 Å². The summed E-state index contributed by atoms with van der Waals surface area (Å²) in [7, 11) is 0. The third-order valence-electron chi connectivity index (χ3n) is 5.17. The topological polar surface area (TPSA) is 58.6 Å². The van der Waals surface area contributed by atoms with Gasteiger partial charge in [-0.3, -0.25) is 9.59 Å². The Labute approximate surface area is 178 Å². The normalized spacial score (nSPS) is 14.2. The smallest absolute Gasteiger partial charge is 0.260 e. The Morgan fingerprint density at radius 2 is 1.62 bits per heavy atom. The van der Waals surface area contributed by atoms with Crippen molar-refractivity contribution in [3.63, 3.8) is 0 Å². The molecule has 0 bridgehead atoms. The molecule has 1 aliphatic rings. The van der Waals surface area contributed by atoms with E-state index in [0.717, 1.165) is 39.0 Å². The van der Waals surface area contributed by atoms with Crippen molar-refractivity contribution in [3.05, 3.63) is 65.7 Å². The predicted molar refractivity (Wildman–Crippen MR) is 117 cm³/mol. The van der Waals surface area contributed by atoms with Crippen LogP contribution in [0.15, 0.2) is 54.6 Å². The van der Waals surface area contributed by atoms with Gasteiger partial charge in [0.15, 0.2) is 12.4 Å². The fourth-order valence-corrected chi connectivity index (χ4v) is 3.43. The van der Waals surface area contributed by atoms with Crippen molar-refractivity contribution >= 4 is 24.1 Å². The van der Waals surface area contributed by atoms with Gasteiger partial charge >= 0.3 is 0 Å². The average molecular weight is 417 g/mol. The van der Waals surface area contributed by atoms with E-state index in [1.165, 1.54) is 0 Å². The SMILES string of the molecule is CCNCC1CCN(C(=O)COc2ccc(C(=O)c3ccccc3)cc2)CC1.Cl. The summed E-state index contributed by atoms with van der Waals surface area (Å²) < 4.78 is 5.64. The van der Waals surface area contributed by atoms with Gasteiger partial charge in [0.05, 0.1) is 0 Å². The first-order chi connectivity index (χ1) is 13.7. The Morgan fingerprint density at radius 1 is 1.00 bits per heavy atom. The van der Waals surface area contributed by atoms with E-state index in [9.17, 15) is 9.59 Å². The highest BCUT2D eigenvalue weighted by atomic mass is 35.5. The number of ether oxygens (including phenoxy) is 1. The van der Waals surface area contributed by atoms with Crippen molar-refractivity contribution in [1.29, 1.82) is 0 Å². The van der Waals surface area contributed by atoms with Crippen LogP contribution < -0.4 is 10.1 Å². The van der Waals surface area contributed by atoms with E-state index < -0.39 is 0 Å². The van der Waals surface area contributed by atoms with Crippen LogP contribution in [0.4, 0.5) is 0 Å². The van der Waals surface area contributed by atoms with Crippen LogP contribution in [0.25, 0.3) is 0 Å². The zero-order valence-corrected chi connectivity index (χ0v) is 17.6. The largest absolute Gasteiger partial charge is 0.484 e. The maximum Gasteiger partial charge on any atom is 0.260 e. The summed E-state index contributed by atoms with van der Waals surface area (Å²) >= 11 is 0. The van der Waals surface area contributed by atoms with Crippen molar-refractivity contribution in [2.45, 2.75) is 19.8 Å². The van der Waals surface area contributed by atoms with Gasteiger partial charge in [-0.15, -0.1) is 12.4 Å². The average Bonchev–Trinajstić information content (AvgIpc) is 2.77. The second kappa shape index (κ2) is 11.6. The van der Waals surface area contributed by atoms with E-state index in [4.69, 9.17) is 4.74 Å². The van der Waals surface area contributed by atoms with Crippen molar-refractivity contribution < 1.29 is 14.3 Å². The van der Waals surface area contributed by atoms with Crippen LogP contribution in [-0.4, -0.2) is 49.4 Å². The van der Waals surface area contributed by atoms with Gasteiger partial charge in [0, 0.05) is 24.2 Å². The molecule has 1 aliphatic heterocycles.